The van der Waals surface area contributed by atoms with Gasteiger partial charge in [-0.2, -0.15) is 0 Å². The monoisotopic (exact) mass is 222 g/mol. The van der Waals surface area contributed by atoms with E-state index in [1.54, 1.807) is 7.11 Å². The Balaban J connectivity index is 2.49. The number of nitrogens with two attached hydrogens (primary N) is 1. The van der Waals surface area contributed by atoms with Crippen LogP contribution in [0.4, 0.5) is 0 Å². The Morgan fingerprint density at radius 2 is 2.00 bits per heavy atom. The molecule has 0 fully saturated rings. The summed E-state index contributed by atoms with van der Waals surface area (Å²) in [6.45, 7) is 6.71. The Kier molecular flexibility index (Phi) is 4.77. The number of para-hydroxylation sites is 1. The fourth-order valence-corrected chi connectivity index (χ4v) is 1.46. The fourth-order valence-electron chi connectivity index (χ4n) is 1.46. The largest absolute Gasteiger partial charge is 0.496 e. The molecule has 0 aliphatic rings. The highest BCUT2D eigenvalue weighted by molar-refractivity contribution is 5.32. The van der Waals surface area contributed by atoms with E-state index in [9.17, 15) is 0 Å². The molecule has 3 heteroatoms. The second kappa shape index (κ2) is 5.87. The Bertz CT molecular complexity index is 323. The number of ether oxygens (including phenoxy) is 1. The summed E-state index contributed by atoms with van der Waals surface area (Å²) in [5.41, 5.74) is 7.00. The number of methoxy groups -OCH3 is 1. The SMILES string of the molecule is COc1ccccc1CNCC(C)(C)CN. The molecule has 1 aromatic carbocycles. The number of rotatable bonds is 6. The van der Waals surface area contributed by atoms with Crippen molar-refractivity contribution in [3.8, 4) is 5.75 Å². The molecule has 3 nitrogen and oxygen atoms in total. The fraction of sp³-hybridized carbons (Fsp3) is 0.538. The molecule has 0 atom stereocenters. The van der Waals surface area contributed by atoms with Crippen LogP contribution in [0.2, 0.25) is 0 Å². The molecule has 0 bridgehead atoms. The van der Waals surface area contributed by atoms with Crippen LogP contribution in [-0.2, 0) is 6.54 Å². The van der Waals surface area contributed by atoms with Crippen molar-refractivity contribution in [3.05, 3.63) is 29.8 Å². The Morgan fingerprint density at radius 1 is 1.31 bits per heavy atom. The molecule has 0 radical (unpaired) electrons. The molecular formula is C13H22N2O. The van der Waals surface area contributed by atoms with Crippen molar-refractivity contribution in [2.75, 3.05) is 20.2 Å². The zero-order valence-electron chi connectivity index (χ0n) is 10.4. The minimum Gasteiger partial charge on any atom is -0.496 e. The molecule has 0 saturated carbocycles. The van der Waals surface area contributed by atoms with Crippen molar-refractivity contribution in [1.82, 2.24) is 5.32 Å². The van der Waals surface area contributed by atoms with E-state index >= 15 is 0 Å². The molecule has 0 aliphatic heterocycles. The number of benzene rings is 1. The van der Waals surface area contributed by atoms with Crippen molar-refractivity contribution >= 4 is 0 Å². The predicted molar refractivity (Wildman–Crippen MR) is 67.5 cm³/mol. The van der Waals surface area contributed by atoms with Crippen LogP contribution in [0.3, 0.4) is 0 Å². The van der Waals surface area contributed by atoms with Gasteiger partial charge < -0.3 is 15.8 Å². The first kappa shape index (κ1) is 13.0. The van der Waals surface area contributed by atoms with Crippen LogP contribution >= 0.6 is 0 Å². The topological polar surface area (TPSA) is 47.3 Å². The van der Waals surface area contributed by atoms with E-state index in [0.29, 0.717) is 6.54 Å². The van der Waals surface area contributed by atoms with Gasteiger partial charge in [0, 0.05) is 18.7 Å². The first-order chi connectivity index (χ1) is 7.59. The van der Waals surface area contributed by atoms with Gasteiger partial charge in [0.15, 0.2) is 0 Å². The summed E-state index contributed by atoms with van der Waals surface area (Å²) in [7, 11) is 1.70. The lowest BCUT2D eigenvalue weighted by Crippen LogP contribution is -2.35. The Morgan fingerprint density at radius 3 is 2.62 bits per heavy atom. The van der Waals surface area contributed by atoms with Crippen molar-refractivity contribution in [3.63, 3.8) is 0 Å². The molecule has 0 spiro atoms. The molecule has 1 rings (SSSR count). The van der Waals surface area contributed by atoms with Gasteiger partial charge in [0.25, 0.3) is 0 Å². The van der Waals surface area contributed by atoms with Crippen LogP contribution in [0, 0.1) is 5.41 Å². The predicted octanol–water partition coefficient (Wildman–Crippen LogP) is 1.77. The van der Waals surface area contributed by atoms with Crippen LogP contribution < -0.4 is 15.8 Å². The Labute approximate surface area is 98.0 Å². The summed E-state index contributed by atoms with van der Waals surface area (Å²) in [5.74, 6) is 0.931. The molecule has 0 saturated heterocycles. The van der Waals surface area contributed by atoms with E-state index in [0.717, 1.165) is 18.8 Å². The standard InChI is InChI=1S/C13H22N2O/c1-13(2,9-14)10-15-8-11-6-4-5-7-12(11)16-3/h4-7,15H,8-10,14H2,1-3H3. The van der Waals surface area contributed by atoms with E-state index in [-0.39, 0.29) is 5.41 Å². The molecule has 90 valence electrons. The van der Waals surface area contributed by atoms with Gasteiger partial charge in [0.1, 0.15) is 5.75 Å². The quantitative estimate of drug-likeness (QED) is 0.771. The number of nitrogens with one attached hydrogen (secondary N) is 1. The van der Waals surface area contributed by atoms with Crippen LogP contribution in [0.5, 0.6) is 5.75 Å². The van der Waals surface area contributed by atoms with Gasteiger partial charge in [-0.05, 0) is 18.0 Å². The lowest BCUT2D eigenvalue weighted by molar-refractivity contribution is 0.348. The van der Waals surface area contributed by atoms with Gasteiger partial charge in [-0.25, -0.2) is 0 Å². The van der Waals surface area contributed by atoms with Crippen LogP contribution in [0.25, 0.3) is 0 Å². The zero-order valence-corrected chi connectivity index (χ0v) is 10.4. The number of hydrogen-bond donors (Lipinski definition) is 2. The first-order valence-corrected chi connectivity index (χ1v) is 5.62. The number of hydrogen-bond acceptors (Lipinski definition) is 3. The third-order valence-electron chi connectivity index (χ3n) is 2.66. The molecule has 0 aliphatic carbocycles. The second-order valence-corrected chi connectivity index (χ2v) is 4.78. The summed E-state index contributed by atoms with van der Waals surface area (Å²) >= 11 is 0. The molecular weight excluding hydrogens is 200 g/mol. The molecule has 1 aromatic rings. The molecule has 0 aromatic heterocycles. The summed E-state index contributed by atoms with van der Waals surface area (Å²) in [4.78, 5) is 0. The minimum atomic E-state index is 0.141. The molecule has 0 unspecified atom stereocenters. The van der Waals surface area contributed by atoms with Gasteiger partial charge in [-0.3, -0.25) is 0 Å². The molecule has 0 heterocycles. The summed E-state index contributed by atoms with van der Waals surface area (Å²) < 4.78 is 5.29. The van der Waals surface area contributed by atoms with Crippen molar-refractivity contribution < 1.29 is 4.74 Å². The van der Waals surface area contributed by atoms with E-state index in [1.807, 2.05) is 18.2 Å². The average molecular weight is 222 g/mol. The lowest BCUT2D eigenvalue weighted by atomic mass is 9.94. The van der Waals surface area contributed by atoms with E-state index in [4.69, 9.17) is 10.5 Å². The molecule has 0 amide bonds. The highest BCUT2D eigenvalue weighted by atomic mass is 16.5. The van der Waals surface area contributed by atoms with Gasteiger partial charge in [0.05, 0.1) is 7.11 Å². The summed E-state index contributed by atoms with van der Waals surface area (Å²) in [6.07, 6.45) is 0. The van der Waals surface area contributed by atoms with Gasteiger partial charge in [-0.15, -0.1) is 0 Å². The zero-order chi connectivity index (χ0) is 12.0. The highest BCUT2D eigenvalue weighted by Gasteiger charge is 2.14. The third-order valence-corrected chi connectivity index (χ3v) is 2.66. The van der Waals surface area contributed by atoms with Gasteiger partial charge in [-0.1, -0.05) is 32.0 Å². The van der Waals surface area contributed by atoms with E-state index < -0.39 is 0 Å². The van der Waals surface area contributed by atoms with Crippen molar-refractivity contribution in [1.29, 1.82) is 0 Å². The molecule has 3 N–H and O–H groups in total. The van der Waals surface area contributed by atoms with Crippen LogP contribution in [0.15, 0.2) is 24.3 Å². The van der Waals surface area contributed by atoms with Crippen LogP contribution in [-0.4, -0.2) is 20.2 Å². The van der Waals surface area contributed by atoms with Gasteiger partial charge in [0.2, 0.25) is 0 Å². The maximum Gasteiger partial charge on any atom is 0.123 e. The van der Waals surface area contributed by atoms with E-state index in [1.165, 1.54) is 5.56 Å². The minimum absolute atomic E-state index is 0.141. The highest BCUT2D eigenvalue weighted by Crippen LogP contribution is 2.17. The first-order valence-electron chi connectivity index (χ1n) is 5.62. The maximum absolute atomic E-state index is 5.68. The summed E-state index contributed by atoms with van der Waals surface area (Å²) in [5, 5.41) is 3.41. The van der Waals surface area contributed by atoms with Crippen molar-refractivity contribution in [2.24, 2.45) is 11.1 Å². The van der Waals surface area contributed by atoms with Crippen molar-refractivity contribution in [2.45, 2.75) is 20.4 Å². The summed E-state index contributed by atoms with van der Waals surface area (Å²) in [6, 6.07) is 8.05. The van der Waals surface area contributed by atoms with E-state index in [2.05, 4.69) is 25.2 Å². The smallest absolute Gasteiger partial charge is 0.123 e. The van der Waals surface area contributed by atoms with Crippen LogP contribution in [0.1, 0.15) is 19.4 Å². The molecule has 16 heavy (non-hydrogen) atoms. The lowest BCUT2D eigenvalue weighted by Gasteiger charge is -2.23. The second-order valence-electron chi connectivity index (χ2n) is 4.78. The third kappa shape index (κ3) is 3.83. The normalized spacial score (nSPS) is 11.5. The Hall–Kier alpha value is -1.06. The maximum atomic E-state index is 5.68. The van der Waals surface area contributed by atoms with Gasteiger partial charge >= 0.3 is 0 Å². The average Bonchev–Trinajstić information content (AvgIpc) is 2.29.